The van der Waals surface area contributed by atoms with E-state index in [1.807, 2.05) is 18.2 Å². The Kier molecular flexibility index (Phi) is 6.93. The second kappa shape index (κ2) is 9.24. The third kappa shape index (κ3) is 4.63. The molecule has 7 nitrogen and oxygen atoms in total. The molecule has 0 radical (unpaired) electrons. The molecule has 2 aliphatic rings. The van der Waals surface area contributed by atoms with E-state index in [9.17, 15) is 9.59 Å². The van der Waals surface area contributed by atoms with Crippen molar-refractivity contribution < 1.29 is 24.3 Å². The third-order valence-corrected chi connectivity index (χ3v) is 7.01. The van der Waals surface area contributed by atoms with E-state index in [2.05, 4.69) is 24.5 Å². The monoisotopic (exact) mass is 404 g/mol. The Morgan fingerprint density at radius 3 is 2.69 bits per heavy atom. The summed E-state index contributed by atoms with van der Waals surface area (Å²) in [6, 6.07) is 10.3. The maximum absolute atomic E-state index is 12.1. The van der Waals surface area contributed by atoms with Crippen LogP contribution in [0.25, 0.3) is 0 Å². The zero-order chi connectivity index (χ0) is 20.9. The average molecular weight is 405 g/mol. The SMILES string of the molecule is C[C@]12CC[C@H](Cc3ccccc3)C[C@@]1(OC(=O)C(=O)O)CC[C@@H]2CNOCCN. The number of fused-ring (bicyclic) bond motifs is 1. The molecule has 160 valence electrons. The van der Waals surface area contributed by atoms with Crippen molar-refractivity contribution in [3.05, 3.63) is 35.9 Å². The number of ether oxygens (including phenoxy) is 1. The van der Waals surface area contributed by atoms with Gasteiger partial charge in [-0.2, -0.15) is 0 Å². The minimum Gasteiger partial charge on any atom is -0.473 e. The number of carbonyl (C=O) groups is 2. The van der Waals surface area contributed by atoms with Crippen LogP contribution in [0.1, 0.15) is 44.6 Å². The van der Waals surface area contributed by atoms with Crippen LogP contribution in [-0.4, -0.2) is 42.3 Å². The predicted octanol–water partition coefficient (Wildman–Crippen LogP) is 2.29. The second-order valence-corrected chi connectivity index (χ2v) is 8.63. The first-order valence-electron chi connectivity index (χ1n) is 10.4. The maximum Gasteiger partial charge on any atom is 0.417 e. The molecule has 29 heavy (non-hydrogen) atoms. The number of hydrogen-bond acceptors (Lipinski definition) is 6. The summed E-state index contributed by atoms with van der Waals surface area (Å²) in [5.41, 5.74) is 8.67. The molecule has 0 spiro atoms. The van der Waals surface area contributed by atoms with Crippen molar-refractivity contribution >= 4 is 11.9 Å². The Balaban J connectivity index is 1.77. The lowest BCUT2D eigenvalue weighted by Crippen LogP contribution is -2.54. The summed E-state index contributed by atoms with van der Waals surface area (Å²) in [5, 5.41) is 9.16. The Bertz CT molecular complexity index is 712. The molecule has 0 aromatic heterocycles. The van der Waals surface area contributed by atoms with E-state index < -0.39 is 17.5 Å². The van der Waals surface area contributed by atoms with E-state index >= 15 is 0 Å². The molecule has 1 aromatic rings. The zero-order valence-electron chi connectivity index (χ0n) is 17.1. The topological polar surface area (TPSA) is 111 Å². The van der Waals surface area contributed by atoms with Gasteiger partial charge >= 0.3 is 11.9 Å². The summed E-state index contributed by atoms with van der Waals surface area (Å²) in [7, 11) is 0. The fraction of sp³-hybridized carbons (Fsp3) is 0.636. The standard InChI is InChI=1S/C22H32N2O5/c1-21-9-7-17(13-16-5-3-2-4-6-16)14-22(21,29-20(27)19(25)26)10-8-18(21)15-24-28-12-11-23/h2-6,17-18,24H,7-15,23H2,1H3,(H,25,26)/t17-,18-,21-,22+/m1/s1. The lowest BCUT2D eigenvalue weighted by atomic mass is 9.59. The Labute approximate surface area is 171 Å². The number of nitrogens with one attached hydrogen (secondary N) is 1. The summed E-state index contributed by atoms with van der Waals surface area (Å²) >= 11 is 0. The van der Waals surface area contributed by atoms with Crippen LogP contribution in [0.5, 0.6) is 0 Å². The molecule has 4 atom stereocenters. The van der Waals surface area contributed by atoms with Crippen molar-refractivity contribution in [3.63, 3.8) is 0 Å². The average Bonchev–Trinajstić information content (AvgIpc) is 2.98. The number of hydroxylamine groups is 1. The Morgan fingerprint density at radius 2 is 2.00 bits per heavy atom. The van der Waals surface area contributed by atoms with Gasteiger partial charge in [-0.1, -0.05) is 37.3 Å². The fourth-order valence-corrected chi connectivity index (χ4v) is 5.39. The van der Waals surface area contributed by atoms with Crippen LogP contribution in [-0.2, 0) is 25.6 Å². The molecule has 2 saturated carbocycles. The summed E-state index contributed by atoms with van der Waals surface area (Å²) in [4.78, 5) is 28.7. The minimum absolute atomic E-state index is 0.236. The molecule has 0 heterocycles. The van der Waals surface area contributed by atoms with Crippen LogP contribution in [0.15, 0.2) is 30.3 Å². The van der Waals surface area contributed by atoms with E-state index in [0.717, 1.165) is 25.7 Å². The van der Waals surface area contributed by atoms with Crippen molar-refractivity contribution in [3.8, 4) is 0 Å². The third-order valence-electron chi connectivity index (χ3n) is 7.01. The molecule has 4 N–H and O–H groups in total. The number of hydrogen-bond donors (Lipinski definition) is 3. The van der Waals surface area contributed by atoms with Crippen molar-refractivity contribution in [2.45, 2.75) is 51.0 Å². The summed E-state index contributed by atoms with van der Waals surface area (Å²) in [6.07, 6.45) is 5.05. The zero-order valence-corrected chi connectivity index (χ0v) is 17.1. The van der Waals surface area contributed by atoms with Crippen LogP contribution in [0, 0.1) is 17.3 Å². The highest BCUT2D eigenvalue weighted by Gasteiger charge is 2.62. The van der Waals surface area contributed by atoms with Gasteiger partial charge in [0.25, 0.3) is 0 Å². The first-order valence-corrected chi connectivity index (χ1v) is 10.4. The van der Waals surface area contributed by atoms with Gasteiger partial charge in [-0.15, -0.1) is 0 Å². The number of aliphatic carboxylic acids is 1. The van der Waals surface area contributed by atoms with Gasteiger partial charge < -0.3 is 20.4 Å². The van der Waals surface area contributed by atoms with Crippen molar-refractivity contribution in [2.24, 2.45) is 23.0 Å². The van der Waals surface area contributed by atoms with Crippen LogP contribution >= 0.6 is 0 Å². The van der Waals surface area contributed by atoms with Gasteiger partial charge in [-0.25, -0.2) is 15.1 Å². The van der Waals surface area contributed by atoms with E-state index in [-0.39, 0.29) is 11.3 Å². The number of nitrogens with two attached hydrogens (primary N) is 1. The van der Waals surface area contributed by atoms with Crippen LogP contribution in [0.4, 0.5) is 0 Å². The minimum atomic E-state index is -1.53. The fourth-order valence-electron chi connectivity index (χ4n) is 5.39. The normalized spacial score (nSPS) is 31.2. The number of rotatable bonds is 8. The van der Waals surface area contributed by atoms with E-state index in [0.29, 0.717) is 38.5 Å². The van der Waals surface area contributed by atoms with Gasteiger partial charge in [0.05, 0.1) is 6.61 Å². The maximum atomic E-state index is 12.1. The van der Waals surface area contributed by atoms with E-state index in [1.54, 1.807) is 0 Å². The molecular formula is C22H32N2O5. The summed E-state index contributed by atoms with van der Waals surface area (Å²) in [5.74, 6) is -2.09. The molecule has 1 aromatic carbocycles. The summed E-state index contributed by atoms with van der Waals surface area (Å²) < 4.78 is 5.77. The van der Waals surface area contributed by atoms with Gasteiger partial charge in [-0.3, -0.25) is 0 Å². The van der Waals surface area contributed by atoms with Crippen molar-refractivity contribution in [1.82, 2.24) is 5.48 Å². The van der Waals surface area contributed by atoms with Gasteiger partial charge in [0, 0.05) is 18.5 Å². The van der Waals surface area contributed by atoms with Crippen molar-refractivity contribution in [2.75, 3.05) is 19.7 Å². The van der Waals surface area contributed by atoms with Crippen LogP contribution < -0.4 is 11.2 Å². The molecule has 0 bridgehead atoms. The molecule has 2 fully saturated rings. The smallest absolute Gasteiger partial charge is 0.417 e. The molecule has 7 heteroatoms. The first-order chi connectivity index (χ1) is 13.9. The van der Waals surface area contributed by atoms with E-state index in [1.165, 1.54) is 5.56 Å². The highest BCUT2D eigenvalue weighted by Crippen LogP contribution is 2.61. The molecular weight excluding hydrogens is 372 g/mol. The molecule has 3 rings (SSSR count). The quantitative estimate of drug-likeness (QED) is 0.264. The number of benzene rings is 1. The summed E-state index contributed by atoms with van der Waals surface area (Å²) in [6.45, 7) is 3.65. The highest BCUT2D eigenvalue weighted by molar-refractivity contribution is 6.28. The molecule has 0 unspecified atom stereocenters. The van der Waals surface area contributed by atoms with Crippen LogP contribution in [0.2, 0.25) is 0 Å². The number of carboxylic acid groups (broad SMARTS) is 1. The second-order valence-electron chi connectivity index (χ2n) is 8.63. The molecule has 0 amide bonds. The Hall–Kier alpha value is -1.96. The predicted molar refractivity (Wildman–Crippen MR) is 108 cm³/mol. The molecule has 0 saturated heterocycles. The van der Waals surface area contributed by atoms with Gasteiger partial charge in [0.2, 0.25) is 0 Å². The highest BCUT2D eigenvalue weighted by atomic mass is 16.6. The van der Waals surface area contributed by atoms with Gasteiger partial charge in [-0.05, 0) is 55.9 Å². The number of esters is 1. The number of carbonyl (C=O) groups excluding carboxylic acids is 1. The van der Waals surface area contributed by atoms with Crippen molar-refractivity contribution in [1.29, 1.82) is 0 Å². The van der Waals surface area contributed by atoms with Gasteiger partial charge in [0.1, 0.15) is 5.60 Å². The Morgan fingerprint density at radius 1 is 1.24 bits per heavy atom. The largest absolute Gasteiger partial charge is 0.473 e. The van der Waals surface area contributed by atoms with E-state index in [4.69, 9.17) is 20.4 Å². The lowest BCUT2D eigenvalue weighted by molar-refractivity contribution is -0.194. The molecule has 0 aliphatic heterocycles. The molecule has 2 aliphatic carbocycles. The lowest BCUT2D eigenvalue weighted by Gasteiger charge is -2.51. The van der Waals surface area contributed by atoms with Gasteiger partial charge in [0.15, 0.2) is 0 Å². The van der Waals surface area contributed by atoms with Crippen LogP contribution in [0.3, 0.4) is 0 Å². The first kappa shape index (κ1) is 21.7. The number of carboxylic acids is 1.